The molecule has 2 aromatic rings. The second-order valence-corrected chi connectivity index (χ2v) is 6.09. The van der Waals surface area contributed by atoms with E-state index in [9.17, 15) is 4.79 Å². The molecule has 0 aliphatic rings. The van der Waals surface area contributed by atoms with Gasteiger partial charge in [0.25, 0.3) is 0 Å². The molecule has 0 radical (unpaired) electrons. The van der Waals surface area contributed by atoms with Crippen molar-refractivity contribution in [2.45, 2.75) is 44.8 Å². The zero-order valence-corrected chi connectivity index (χ0v) is 15.0. The highest BCUT2D eigenvalue weighted by Crippen LogP contribution is 2.25. The van der Waals surface area contributed by atoms with Crippen LogP contribution >= 0.6 is 11.8 Å². The first-order valence-corrected chi connectivity index (χ1v) is 9.10. The fourth-order valence-corrected chi connectivity index (χ4v) is 2.92. The predicted molar refractivity (Wildman–Crippen MR) is 93.6 cm³/mol. The van der Waals surface area contributed by atoms with Crippen LogP contribution in [-0.2, 0) is 4.79 Å². The first kappa shape index (κ1) is 18.3. The molecule has 0 saturated heterocycles. The summed E-state index contributed by atoms with van der Waals surface area (Å²) in [6, 6.07) is 7.76. The highest BCUT2D eigenvalue weighted by Gasteiger charge is 2.15. The van der Waals surface area contributed by atoms with Crippen molar-refractivity contribution in [2.24, 2.45) is 0 Å². The lowest BCUT2D eigenvalue weighted by Gasteiger charge is -2.14. The molecule has 0 spiro atoms. The molecule has 130 valence electrons. The third-order valence-electron chi connectivity index (χ3n) is 3.52. The lowest BCUT2D eigenvalue weighted by molar-refractivity contribution is -0.119. The van der Waals surface area contributed by atoms with Crippen molar-refractivity contribution >= 4 is 17.7 Å². The molecule has 24 heavy (non-hydrogen) atoms. The second kappa shape index (κ2) is 9.27. The van der Waals surface area contributed by atoms with Gasteiger partial charge in [-0.1, -0.05) is 37.7 Å². The van der Waals surface area contributed by atoms with Crippen molar-refractivity contribution in [2.75, 3.05) is 12.4 Å². The average molecular weight is 349 g/mol. The Morgan fingerprint density at radius 1 is 1.29 bits per heavy atom. The zero-order valence-electron chi connectivity index (χ0n) is 14.2. The summed E-state index contributed by atoms with van der Waals surface area (Å²) in [7, 11) is 0. The molecule has 1 amide bonds. The summed E-state index contributed by atoms with van der Waals surface area (Å²) in [4.78, 5) is 12.0. The lowest BCUT2D eigenvalue weighted by atomic mass is 10.2. The fraction of sp³-hybridized carbons (Fsp3) is 0.500. The van der Waals surface area contributed by atoms with E-state index in [0.29, 0.717) is 17.5 Å². The number of benzene rings is 1. The molecule has 0 aliphatic carbocycles. The normalized spacial score (nSPS) is 10.8. The van der Waals surface area contributed by atoms with Crippen LogP contribution in [0.5, 0.6) is 5.75 Å². The SMILES string of the molecule is CCOc1ccccc1-n1nnnc1SCC(=O)NC(CC)CC. The summed E-state index contributed by atoms with van der Waals surface area (Å²) >= 11 is 1.31. The van der Waals surface area contributed by atoms with Crippen LogP contribution in [0.4, 0.5) is 0 Å². The van der Waals surface area contributed by atoms with Crippen molar-refractivity contribution in [3.05, 3.63) is 24.3 Å². The first-order valence-electron chi connectivity index (χ1n) is 8.12. The fourth-order valence-electron chi connectivity index (χ4n) is 2.22. The van der Waals surface area contributed by atoms with E-state index in [1.807, 2.05) is 31.2 Å². The minimum absolute atomic E-state index is 0.0126. The largest absolute Gasteiger partial charge is 0.492 e. The molecule has 7 nitrogen and oxygen atoms in total. The van der Waals surface area contributed by atoms with Crippen molar-refractivity contribution in [3.63, 3.8) is 0 Å². The summed E-state index contributed by atoms with van der Waals surface area (Å²) in [6.45, 7) is 6.60. The van der Waals surface area contributed by atoms with Crippen molar-refractivity contribution < 1.29 is 9.53 Å². The van der Waals surface area contributed by atoms with Crippen LogP contribution in [0.1, 0.15) is 33.6 Å². The Hall–Kier alpha value is -2.09. The van der Waals surface area contributed by atoms with Gasteiger partial charge >= 0.3 is 0 Å². The maximum atomic E-state index is 12.0. The highest BCUT2D eigenvalue weighted by atomic mass is 32.2. The van der Waals surface area contributed by atoms with E-state index < -0.39 is 0 Å². The minimum atomic E-state index is -0.0126. The predicted octanol–water partition coefficient (Wildman–Crippen LogP) is 2.46. The molecule has 0 saturated carbocycles. The third-order valence-corrected chi connectivity index (χ3v) is 4.44. The van der Waals surface area contributed by atoms with E-state index in [-0.39, 0.29) is 17.7 Å². The Morgan fingerprint density at radius 2 is 2.04 bits per heavy atom. The van der Waals surface area contributed by atoms with E-state index in [1.165, 1.54) is 11.8 Å². The molecule has 0 unspecified atom stereocenters. The number of rotatable bonds is 9. The topological polar surface area (TPSA) is 81.9 Å². The van der Waals surface area contributed by atoms with Crippen LogP contribution in [0, 0.1) is 0 Å². The second-order valence-electron chi connectivity index (χ2n) is 5.14. The number of carbonyl (C=O) groups excluding carboxylic acids is 1. The molecule has 1 aromatic carbocycles. The van der Waals surface area contributed by atoms with Gasteiger partial charge in [-0.05, 0) is 42.3 Å². The Bertz CT molecular complexity index is 657. The first-order chi connectivity index (χ1) is 11.7. The smallest absolute Gasteiger partial charge is 0.230 e. The van der Waals surface area contributed by atoms with Gasteiger partial charge in [0.2, 0.25) is 11.1 Å². The molecule has 2 rings (SSSR count). The molecule has 1 aromatic heterocycles. The number of hydrogen-bond acceptors (Lipinski definition) is 6. The van der Waals surface area contributed by atoms with E-state index in [4.69, 9.17) is 4.74 Å². The number of carbonyl (C=O) groups is 1. The van der Waals surface area contributed by atoms with Gasteiger partial charge in [0, 0.05) is 6.04 Å². The van der Waals surface area contributed by atoms with Gasteiger partial charge in [-0.3, -0.25) is 4.79 Å². The van der Waals surface area contributed by atoms with E-state index in [0.717, 1.165) is 18.5 Å². The van der Waals surface area contributed by atoms with Crippen LogP contribution in [0.15, 0.2) is 29.4 Å². The third kappa shape index (κ3) is 4.70. The number of nitrogens with zero attached hydrogens (tertiary/aromatic N) is 4. The molecule has 1 N–H and O–H groups in total. The Labute approximate surface area is 146 Å². The van der Waals surface area contributed by atoms with Crippen LogP contribution in [0.2, 0.25) is 0 Å². The number of aromatic nitrogens is 4. The van der Waals surface area contributed by atoms with Crippen molar-refractivity contribution in [3.8, 4) is 11.4 Å². The summed E-state index contributed by atoms with van der Waals surface area (Å²) in [5, 5.41) is 15.3. The zero-order chi connectivity index (χ0) is 17.4. The van der Waals surface area contributed by atoms with Crippen molar-refractivity contribution in [1.29, 1.82) is 0 Å². The number of para-hydroxylation sites is 2. The molecule has 1 heterocycles. The van der Waals surface area contributed by atoms with Crippen molar-refractivity contribution in [1.82, 2.24) is 25.5 Å². The molecular weight excluding hydrogens is 326 g/mol. The Kier molecular flexibility index (Phi) is 7.05. The standard InChI is InChI=1S/C16H23N5O2S/c1-4-12(5-2)17-15(22)11-24-16-18-19-20-21(16)13-9-7-8-10-14(13)23-6-3/h7-10,12H,4-6,11H2,1-3H3,(H,17,22). The van der Waals surface area contributed by atoms with Gasteiger partial charge < -0.3 is 10.1 Å². The van der Waals surface area contributed by atoms with Gasteiger partial charge in [0.15, 0.2) is 0 Å². The minimum Gasteiger partial charge on any atom is -0.492 e. The molecule has 0 aliphatic heterocycles. The lowest BCUT2D eigenvalue weighted by Crippen LogP contribution is -2.35. The van der Waals surface area contributed by atoms with Gasteiger partial charge in [0.05, 0.1) is 12.4 Å². The molecular formula is C16H23N5O2S. The summed E-state index contributed by atoms with van der Waals surface area (Å²) in [5.41, 5.74) is 0.757. The van der Waals surface area contributed by atoms with Crippen LogP contribution in [0.3, 0.4) is 0 Å². The molecule has 0 atom stereocenters. The Balaban J connectivity index is 2.07. The maximum Gasteiger partial charge on any atom is 0.230 e. The van der Waals surface area contributed by atoms with Gasteiger partial charge in [0.1, 0.15) is 11.4 Å². The quantitative estimate of drug-likeness (QED) is 0.700. The van der Waals surface area contributed by atoms with Crippen LogP contribution in [0.25, 0.3) is 5.69 Å². The van der Waals surface area contributed by atoms with E-state index in [1.54, 1.807) is 4.68 Å². The average Bonchev–Trinajstić information content (AvgIpc) is 3.07. The van der Waals surface area contributed by atoms with Gasteiger partial charge in [-0.25, -0.2) is 0 Å². The number of hydrogen-bond donors (Lipinski definition) is 1. The summed E-state index contributed by atoms with van der Waals surface area (Å²) in [5.74, 6) is 0.963. The summed E-state index contributed by atoms with van der Waals surface area (Å²) in [6.07, 6.45) is 1.85. The molecule has 0 fully saturated rings. The van der Waals surface area contributed by atoms with Crippen LogP contribution < -0.4 is 10.1 Å². The highest BCUT2D eigenvalue weighted by molar-refractivity contribution is 7.99. The number of ether oxygens (including phenoxy) is 1. The summed E-state index contributed by atoms with van der Waals surface area (Å²) < 4.78 is 7.22. The number of nitrogens with one attached hydrogen (secondary N) is 1. The molecule has 8 heteroatoms. The Morgan fingerprint density at radius 3 is 2.75 bits per heavy atom. The number of thioether (sulfide) groups is 1. The monoisotopic (exact) mass is 349 g/mol. The van der Waals surface area contributed by atoms with E-state index in [2.05, 4.69) is 34.7 Å². The van der Waals surface area contributed by atoms with Crippen LogP contribution in [-0.4, -0.2) is 44.5 Å². The molecule has 0 bridgehead atoms. The van der Waals surface area contributed by atoms with Gasteiger partial charge in [-0.2, -0.15) is 4.68 Å². The number of amides is 1. The maximum absolute atomic E-state index is 12.0. The number of tetrazole rings is 1. The van der Waals surface area contributed by atoms with E-state index >= 15 is 0 Å². The van der Waals surface area contributed by atoms with Gasteiger partial charge in [-0.15, -0.1) is 5.10 Å².